The smallest absolute Gasteiger partial charge is 0.289 e. The highest BCUT2D eigenvalue weighted by Crippen LogP contribution is 2.17. The van der Waals surface area contributed by atoms with Crippen LogP contribution in [0.15, 0.2) is 0 Å². The summed E-state index contributed by atoms with van der Waals surface area (Å²) in [5.41, 5.74) is 0. The molecule has 2 saturated heterocycles. The summed E-state index contributed by atoms with van der Waals surface area (Å²) < 4.78 is 0. The highest BCUT2D eigenvalue weighted by atomic mass is 16.2. The Balaban J connectivity index is 2.04. The zero-order valence-electron chi connectivity index (χ0n) is 9.71. The molecule has 1 amide bonds. The highest BCUT2D eigenvalue weighted by Gasteiger charge is 2.32. The van der Waals surface area contributed by atoms with Crippen molar-refractivity contribution in [3.8, 4) is 0 Å². The first-order valence-electron chi connectivity index (χ1n) is 6.35. The first-order valence-corrected chi connectivity index (χ1v) is 6.35. The molecule has 0 bridgehead atoms. The molecule has 0 aromatic rings. The van der Waals surface area contributed by atoms with Crippen LogP contribution in [-0.2, 0) is 9.59 Å². The molecule has 16 heavy (non-hydrogen) atoms. The molecule has 2 aliphatic rings. The summed E-state index contributed by atoms with van der Waals surface area (Å²) >= 11 is 0. The second-order valence-corrected chi connectivity index (χ2v) is 4.73. The summed E-state index contributed by atoms with van der Waals surface area (Å²) in [6, 6.07) is -0.152. The molecule has 4 heteroatoms. The van der Waals surface area contributed by atoms with Crippen LogP contribution in [0.3, 0.4) is 0 Å². The van der Waals surface area contributed by atoms with E-state index in [0.717, 1.165) is 38.8 Å². The predicted octanol–water partition coefficient (Wildman–Crippen LogP) is 0.710. The van der Waals surface area contributed by atoms with Gasteiger partial charge in [-0.2, -0.15) is 0 Å². The minimum absolute atomic E-state index is 0.152. The van der Waals surface area contributed by atoms with Crippen LogP contribution >= 0.6 is 0 Å². The van der Waals surface area contributed by atoms with E-state index in [1.165, 1.54) is 12.8 Å². The number of hydrogen-bond donors (Lipinski definition) is 1. The largest absolute Gasteiger partial charge is 0.349 e. The summed E-state index contributed by atoms with van der Waals surface area (Å²) in [4.78, 5) is 25.6. The standard InChI is InChI=1S/C12H20N2O2/c15-11-10(6-5-7-13-12(11)16)14-8-3-1-2-4-9-14/h10H,1-9H2,(H,13,16). The number of ketones is 1. The van der Waals surface area contributed by atoms with Crippen molar-refractivity contribution >= 4 is 11.7 Å². The lowest BCUT2D eigenvalue weighted by atomic mass is 10.1. The Labute approximate surface area is 96.4 Å². The zero-order valence-corrected chi connectivity index (χ0v) is 9.71. The van der Waals surface area contributed by atoms with Crippen molar-refractivity contribution in [2.45, 2.75) is 44.6 Å². The third kappa shape index (κ3) is 2.61. The van der Waals surface area contributed by atoms with Crippen LogP contribution in [0.25, 0.3) is 0 Å². The zero-order chi connectivity index (χ0) is 11.4. The molecule has 4 nitrogen and oxygen atoms in total. The minimum Gasteiger partial charge on any atom is -0.349 e. The number of amides is 1. The summed E-state index contributed by atoms with van der Waals surface area (Å²) in [5, 5.41) is 2.66. The first kappa shape index (κ1) is 11.6. The van der Waals surface area contributed by atoms with Gasteiger partial charge in [0.15, 0.2) is 0 Å². The van der Waals surface area contributed by atoms with E-state index in [-0.39, 0.29) is 17.7 Å². The third-order valence-electron chi connectivity index (χ3n) is 3.55. The van der Waals surface area contributed by atoms with Gasteiger partial charge >= 0.3 is 0 Å². The lowest BCUT2D eigenvalue weighted by Crippen LogP contribution is -2.45. The van der Waals surface area contributed by atoms with Crippen molar-refractivity contribution in [2.24, 2.45) is 0 Å². The van der Waals surface area contributed by atoms with Gasteiger partial charge in [-0.05, 0) is 38.8 Å². The predicted molar refractivity (Wildman–Crippen MR) is 61.1 cm³/mol. The average molecular weight is 224 g/mol. The summed E-state index contributed by atoms with van der Waals surface area (Å²) in [7, 11) is 0. The van der Waals surface area contributed by atoms with Gasteiger partial charge in [0.1, 0.15) is 0 Å². The van der Waals surface area contributed by atoms with Crippen LogP contribution in [0.2, 0.25) is 0 Å². The normalized spacial score (nSPS) is 29.4. The van der Waals surface area contributed by atoms with Gasteiger partial charge in [-0.3, -0.25) is 14.5 Å². The lowest BCUT2D eigenvalue weighted by molar-refractivity contribution is -0.140. The Bertz CT molecular complexity index is 270. The molecule has 0 radical (unpaired) electrons. The van der Waals surface area contributed by atoms with Crippen molar-refractivity contribution in [2.75, 3.05) is 19.6 Å². The van der Waals surface area contributed by atoms with Gasteiger partial charge in [-0.25, -0.2) is 0 Å². The van der Waals surface area contributed by atoms with E-state index in [2.05, 4.69) is 10.2 Å². The number of likely N-dealkylation sites (tertiary alicyclic amines) is 1. The molecule has 1 N–H and O–H groups in total. The molecule has 2 rings (SSSR count). The molecule has 2 heterocycles. The number of Topliss-reactive ketones (excluding diaryl/α,β-unsaturated/α-hetero) is 1. The quantitative estimate of drug-likeness (QED) is 0.667. The van der Waals surface area contributed by atoms with Crippen LogP contribution in [0, 0.1) is 0 Å². The van der Waals surface area contributed by atoms with Crippen LogP contribution in [0.5, 0.6) is 0 Å². The fraction of sp³-hybridized carbons (Fsp3) is 0.833. The first-order chi connectivity index (χ1) is 7.79. The second-order valence-electron chi connectivity index (χ2n) is 4.73. The number of hydrogen-bond acceptors (Lipinski definition) is 3. The van der Waals surface area contributed by atoms with E-state index >= 15 is 0 Å². The number of carbonyl (C=O) groups excluding carboxylic acids is 2. The maximum atomic E-state index is 11.9. The Morgan fingerprint density at radius 3 is 2.38 bits per heavy atom. The maximum absolute atomic E-state index is 11.9. The molecule has 1 atom stereocenters. The SMILES string of the molecule is O=C1NCCCC(N2CCCCCC2)C1=O. The van der Waals surface area contributed by atoms with Crippen LogP contribution in [0.1, 0.15) is 38.5 Å². The molecule has 1 unspecified atom stereocenters. The second kappa shape index (κ2) is 5.43. The van der Waals surface area contributed by atoms with E-state index in [1.54, 1.807) is 0 Å². The Morgan fingerprint density at radius 1 is 1.00 bits per heavy atom. The van der Waals surface area contributed by atoms with Gasteiger partial charge in [-0.15, -0.1) is 0 Å². The summed E-state index contributed by atoms with van der Waals surface area (Å²) in [6.45, 7) is 2.60. The molecular formula is C12H20N2O2. The van der Waals surface area contributed by atoms with E-state index in [9.17, 15) is 9.59 Å². The van der Waals surface area contributed by atoms with Gasteiger partial charge in [-0.1, -0.05) is 12.8 Å². The molecule has 2 fully saturated rings. The van der Waals surface area contributed by atoms with E-state index in [4.69, 9.17) is 0 Å². The fourth-order valence-corrected chi connectivity index (χ4v) is 2.62. The Morgan fingerprint density at radius 2 is 1.69 bits per heavy atom. The van der Waals surface area contributed by atoms with E-state index in [1.807, 2.05) is 0 Å². The molecule has 2 aliphatic heterocycles. The van der Waals surface area contributed by atoms with Gasteiger partial charge in [0, 0.05) is 6.54 Å². The fourth-order valence-electron chi connectivity index (χ4n) is 2.62. The van der Waals surface area contributed by atoms with Gasteiger partial charge in [0.05, 0.1) is 6.04 Å². The van der Waals surface area contributed by atoms with Gasteiger partial charge in [0.2, 0.25) is 5.78 Å². The summed E-state index contributed by atoms with van der Waals surface area (Å²) in [6.07, 6.45) is 6.57. The Hall–Kier alpha value is -0.900. The number of nitrogens with one attached hydrogen (secondary N) is 1. The lowest BCUT2D eigenvalue weighted by Gasteiger charge is -2.27. The molecule has 0 saturated carbocycles. The highest BCUT2D eigenvalue weighted by molar-refractivity contribution is 6.38. The van der Waals surface area contributed by atoms with Crippen LogP contribution in [0.4, 0.5) is 0 Å². The monoisotopic (exact) mass is 224 g/mol. The molecule has 0 spiro atoms. The topological polar surface area (TPSA) is 49.4 Å². The van der Waals surface area contributed by atoms with Crippen molar-refractivity contribution < 1.29 is 9.59 Å². The van der Waals surface area contributed by atoms with Crippen LogP contribution < -0.4 is 5.32 Å². The number of nitrogens with zero attached hydrogens (tertiary/aromatic N) is 1. The van der Waals surface area contributed by atoms with Crippen molar-refractivity contribution in [1.29, 1.82) is 0 Å². The molecule has 90 valence electrons. The average Bonchev–Trinajstić information content (AvgIpc) is 2.63. The molecule has 0 aromatic heterocycles. The van der Waals surface area contributed by atoms with Crippen molar-refractivity contribution in [3.63, 3.8) is 0 Å². The van der Waals surface area contributed by atoms with Crippen LogP contribution in [-0.4, -0.2) is 42.3 Å². The van der Waals surface area contributed by atoms with Gasteiger partial charge in [0.25, 0.3) is 5.91 Å². The minimum atomic E-state index is -0.383. The Kier molecular flexibility index (Phi) is 3.93. The molecule has 0 aromatic carbocycles. The summed E-state index contributed by atoms with van der Waals surface area (Å²) in [5.74, 6) is -0.605. The third-order valence-corrected chi connectivity index (χ3v) is 3.55. The van der Waals surface area contributed by atoms with Crippen molar-refractivity contribution in [1.82, 2.24) is 10.2 Å². The molecular weight excluding hydrogens is 204 g/mol. The van der Waals surface area contributed by atoms with Gasteiger partial charge < -0.3 is 5.32 Å². The van der Waals surface area contributed by atoms with E-state index < -0.39 is 0 Å². The number of carbonyl (C=O) groups is 2. The maximum Gasteiger partial charge on any atom is 0.289 e. The van der Waals surface area contributed by atoms with Crippen molar-refractivity contribution in [3.05, 3.63) is 0 Å². The van der Waals surface area contributed by atoms with E-state index in [0.29, 0.717) is 6.54 Å². The number of rotatable bonds is 1. The molecule has 0 aliphatic carbocycles.